The van der Waals surface area contributed by atoms with E-state index in [1.54, 1.807) is 0 Å². The topological polar surface area (TPSA) is 70.4 Å². The Morgan fingerprint density at radius 2 is 2.12 bits per heavy atom. The van der Waals surface area contributed by atoms with Gasteiger partial charge in [-0.3, -0.25) is 15.0 Å². The Balaban J connectivity index is 1.65. The summed E-state index contributed by atoms with van der Waals surface area (Å²) in [6.45, 7) is 3.26. The van der Waals surface area contributed by atoms with Gasteiger partial charge in [0.1, 0.15) is 0 Å². The van der Waals surface area contributed by atoms with Crippen LogP contribution in [-0.2, 0) is 0 Å². The standard InChI is InChI=1S/C11H20N4O2/c16-15(17)11-3-1-2-10(13-11)14-5-4-8-6-12-7-9(8)14/h8-13H,1-7H2. The van der Waals surface area contributed by atoms with Gasteiger partial charge in [0.05, 0.1) is 6.17 Å². The van der Waals surface area contributed by atoms with Crippen LogP contribution in [0.4, 0.5) is 0 Å². The maximum atomic E-state index is 10.9. The van der Waals surface area contributed by atoms with Gasteiger partial charge in [0.15, 0.2) is 0 Å². The Morgan fingerprint density at radius 3 is 2.94 bits per heavy atom. The van der Waals surface area contributed by atoms with Crippen molar-refractivity contribution in [1.82, 2.24) is 15.5 Å². The summed E-state index contributed by atoms with van der Waals surface area (Å²) >= 11 is 0. The van der Waals surface area contributed by atoms with E-state index in [-0.39, 0.29) is 11.1 Å². The molecule has 3 aliphatic rings. The lowest BCUT2D eigenvalue weighted by molar-refractivity contribution is -0.534. The predicted octanol–water partition coefficient (Wildman–Crippen LogP) is -0.0175. The van der Waals surface area contributed by atoms with Crippen molar-refractivity contribution >= 4 is 0 Å². The molecular formula is C11H20N4O2. The summed E-state index contributed by atoms with van der Waals surface area (Å²) in [5, 5.41) is 17.5. The number of piperidine rings is 1. The highest BCUT2D eigenvalue weighted by Gasteiger charge is 2.42. The van der Waals surface area contributed by atoms with Crippen LogP contribution < -0.4 is 10.6 Å². The van der Waals surface area contributed by atoms with Gasteiger partial charge in [-0.25, -0.2) is 5.32 Å². The molecule has 3 rings (SSSR count). The highest BCUT2D eigenvalue weighted by Crippen LogP contribution is 2.30. The van der Waals surface area contributed by atoms with Crippen LogP contribution in [0, 0.1) is 16.0 Å². The molecule has 0 aromatic carbocycles. The molecule has 96 valence electrons. The van der Waals surface area contributed by atoms with Gasteiger partial charge in [0.25, 0.3) is 6.17 Å². The van der Waals surface area contributed by atoms with Gasteiger partial charge in [-0.1, -0.05) is 0 Å². The Kier molecular flexibility index (Phi) is 3.02. The normalized spacial score (nSPS) is 42.6. The number of rotatable bonds is 2. The van der Waals surface area contributed by atoms with Crippen molar-refractivity contribution in [2.24, 2.45) is 5.92 Å². The second-order valence-corrected chi connectivity index (χ2v) is 5.43. The van der Waals surface area contributed by atoms with E-state index in [0.29, 0.717) is 12.5 Å². The maximum absolute atomic E-state index is 10.9. The molecule has 3 heterocycles. The maximum Gasteiger partial charge on any atom is 0.267 e. The molecular weight excluding hydrogens is 220 g/mol. The summed E-state index contributed by atoms with van der Waals surface area (Å²) in [5.74, 6) is 0.757. The minimum absolute atomic E-state index is 0.174. The van der Waals surface area contributed by atoms with Crippen LogP contribution in [0.2, 0.25) is 0 Å². The molecule has 0 aromatic heterocycles. The Hall–Kier alpha value is -0.720. The van der Waals surface area contributed by atoms with E-state index in [0.717, 1.165) is 38.4 Å². The molecule has 2 N–H and O–H groups in total. The van der Waals surface area contributed by atoms with E-state index in [1.165, 1.54) is 6.42 Å². The molecule has 4 unspecified atom stereocenters. The average Bonchev–Trinajstić information content (AvgIpc) is 2.90. The van der Waals surface area contributed by atoms with Gasteiger partial charge in [-0.15, -0.1) is 0 Å². The van der Waals surface area contributed by atoms with Crippen molar-refractivity contribution in [1.29, 1.82) is 0 Å². The number of nitro groups is 1. The van der Waals surface area contributed by atoms with Crippen LogP contribution in [0.1, 0.15) is 25.7 Å². The molecule has 0 saturated carbocycles. The van der Waals surface area contributed by atoms with Crippen LogP contribution in [0.3, 0.4) is 0 Å². The van der Waals surface area contributed by atoms with Gasteiger partial charge >= 0.3 is 0 Å². The number of likely N-dealkylation sites (tertiary alicyclic amines) is 1. The van der Waals surface area contributed by atoms with Crippen molar-refractivity contribution in [3.8, 4) is 0 Å². The minimum atomic E-state index is -0.540. The second kappa shape index (κ2) is 4.51. The lowest BCUT2D eigenvalue weighted by Gasteiger charge is -2.36. The molecule has 6 nitrogen and oxygen atoms in total. The first-order valence-electron chi connectivity index (χ1n) is 6.62. The predicted molar refractivity (Wildman–Crippen MR) is 63.0 cm³/mol. The van der Waals surface area contributed by atoms with Crippen LogP contribution in [-0.4, -0.2) is 47.8 Å². The molecule has 4 atom stereocenters. The van der Waals surface area contributed by atoms with Crippen molar-refractivity contribution in [3.05, 3.63) is 10.1 Å². The van der Waals surface area contributed by atoms with Crippen molar-refractivity contribution in [2.45, 2.75) is 44.1 Å². The first-order valence-corrected chi connectivity index (χ1v) is 6.62. The smallest absolute Gasteiger partial charge is 0.267 e. The fraction of sp³-hybridized carbons (Fsp3) is 1.00. The van der Waals surface area contributed by atoms with Crippen molar-refractivity contribution in [2.75, 3.05) is 19.6 Å². The second-order valence-electron chi connectivity index (χ2n) is 5.43. The summed E-state index contributed by atoms with van der Waals surface area (Å²) in [4.78, 5) is 13.1. The number of nitrogens with zero attached hydrogens (tertiary/aromatic N) is 2. The molecule has 0 aliphatic carbocycles. The van der Waals surface area contributed by atoms with Gasteiger partial charge < -0.3 is 5.32 Å². The van der Waals surface area contributed by atoms with Crippen LogP contribution in [0.5, 0.6) is 0 Å². The minimum Gasteiger partial charge on any atom is -0.315 e. The fourth-order valence-corrected chi connectivity index (χ4v) is 3.59. The fourth-order valence-electron chi connectivity index (χ4n) is 3.59. The molecule has 6 heteroatoms. The third-order valence-electron chi connectivity index (χ3n) is 4.48. The summed E-state index contributed by atoms with van der Waals surface area (Å²) < 4.78 is 0. The molecule has 17 heavy (non-hydrogen) atoms. The molecule has 0 spiro atoms. The Morgan fingerprint density at radius 1 is 1.24 bits per heavy atom. The lowest BCUT2D eigenvalue weighted by Crippen LogP contribution is -2.56. The molecule has 0 aromatic rings. The molecule has 0 radical (unpaired) electrons. The Labute approximate surface area is 101 Å². The highest BCUT2D eigenvalue weighted by atomic mass is 16.6. The molecule has 3 saturated heterocycles. The number of hydrogen-bond acceptors (Lipinski definition) is 5. The molecule has 3 fully saturated rings. The largest absolute Gasteiger partial charge is 0.315 e. The summed E-state index contributed by atoms with van der Waals surface area (Å²) in [7, 11) is 0. The summed E-state index contributed by atoms with van der Waals surface area (Å²) in [5.41, 5.74) is 0. The van der Waals surface area contributed by atoms with Gasteiger partial charge in [-0.05, 0) is 31.7 Å². The Bertz CT molecular complexity index is 312. The quantitative estimate of drug-likeness (QED) is 0.524. The summed E-state index contributed by atoms with van der Waals surface area (Å²) in [6.07, 6.45) is 3.59. The first-order chi connectivity index (χ1) is 8.25. The van der Waals surface area contributed by atoms with Crippen molar-refractivity contribution < 1.29 is 4.92 Å². The average molecular weight is 240 g/mol. The molecule has 0 bridgehead atoms. The van der Waals surface area contributed by atoms with Gasteiger partial charge in [-0.2, -0.15) is 0 Å². The van der Waals surface area contributed by atoms with Gasteiger partial charge in [0, 0.05) is 30.5 Å². The third-order valence-corrected chi connectivity index (χ3v) is 4.48. The van der Waals surface area contributed by atoms with E-state index in [2.05, 4.69) is 15.5 Å². The van der Waals surface area contributed by atoms with E-state index < -0.39 is 6.17 Å². The lowest BCUT2D eigenvalue weighted by atomic mass is 10.0. The van der Waals surface area contributed by atoms with Crippen LogP contribution >= 0.6 is 0 Å². The van der Waals surface area contributed by atoms with E-state index in [9.17, 15) is 10.1 Å². The zero-order valence-electron chi connectivity index (χ0n) is 9.97. The molecule has 3 aliphatic heterocycles. The van der Waals surface area contributed by atoms with E-state index in [1.807, 2.05) is 0 Å². The van der Waals surface area contributed by atoms with E-state index in [4.69, 9.17) is 0 Å². The van der Waals surface area contributed by atoms with Crippen LogP contribution in [0.25, 0.3) is 0 Å². The van der Waals surface area contributed by atoms with Crippen LogP contribution in [0.15, 0.2) is 0 Å². The molecule has 0 amide bonds. The van der Waals surface area contributed by atoms with Crippen molar-refractivity contribution in [3.63, 3.8) is 0 Å². The summed E-state index contributed by atoms with van der Waals surface area (Å²) in [6, 6.07) is 0.595. The monoisotopic (exact) mass is 240 g/mol. The number of fused-ring (bicyclic) bond motifs is 1. The van der Waals surface area contributed by atoms with Gasteiger partial charge in [0.2, 0.25) is 0 Å². The number of hydrogen-bond donors (Lipinski definition) is 2. The first kappa shape index (κ1) is 11.4. The third kappa shape index (κ3) is 2.05. The zero-order valence-corrected chi connectivity index (χ0v) is 9.97. The zero-order chi connectivity index (χ0) is 11.8. The van der Waals surface area contributed by atoms with E-state index >= 15 is 0 Å². The highest BCUT2D eigenvalue weighted by molar-refractivity contribution is 4.97. The number of nitrogens with one attached hydrogen (secondary N) is 2. The SMILES string of the molecule is O=[N+]([O-])C1CCCC(N2CCC3CNCC32)N1.